The number of hydrogen-bond donors (Lipinski definition) is 0. The van der Waals surface area contributed by atoms with E-state index in [0.29, 0.717) is 23.8 Å². The predicted octanol–water partition coefficient (Wildman–Crippen LogP) is 2.77. The molecule has 7 heteroatoms. The van der Waals surface area contributed by atoms with Crippen molar-refractivity contribution in [3.05, 3.63) is 54.1 Å². The van der Waals surface area contributed by atoms with Crippen LogP contribution < -0.4 is 14.4 Å². The molecule has 1 heterocycles. The van der Waals surface area contributed by atoms with E-state index in [2.05, 4.69) is 0 Å². The fourth-order valence-electron chi connectivity index (χ4n) is 3.36. The van der Waals surface area contributed by atoms with Gasteiger partial charge < -0.3 is 14.4 Å². The first-order valence-electron chi connectivity index (χ1n) is 9.44. The number of rotatable bonds is 7. The molecular formula is C22H24N2O5. The first-order valence-corrected chi connectivity index (χ1v) is 9.44. The standard InChI is InChI=1S/C22H24N2O5/c1-4-29-19-11-7-17(8-12-19)24-21(26)13-20(22(24)27)23(15(2)25)14-16-5-9-18(28-3)10-6-16/h5-12,20H,4,13-14H2,1-3H3/t20-/m0/s1. The molecule has 2 aromatic rings. The number of methoxy groups -OCH3 is 1. The van der Waals surface area contributed by atoms with Crippen LogP contribution in [0.5, 0.6) is 11.5 Å². The second-order valence-electron chi connectivity index (χ2n) is 6.71. The number of benzene rings is 2. The molecule has 0 aromatic heterocycles. The van der Waals surface area contributed by atoms with Crippen molar-refractivity contribution in [2.24, 2.45) is 0 Å². The Morgan fingerprint density at radius 2 is 1.69 bits per heavy atom. The summed E-state index contributed by atoms with van der Waals surface area (Å²) in [4.78, 5) is 40.5. The lowest BCUT2D eigenvalue weighted by atomic mass is 10.1. The van der Waals surface area contributed by atoms with Gasteiger partial charge >= 0.3 is 0 Å². The molecule has 1 aliphatic heterocycles. The third kappa shape index (κ3) is 4.39. The largest absolute Gasteiger partial charge is 0.497 e. The molecule has 3 amide bonds. The van der Waals surface area contributed by atoms with Crippen LogP contribution in [-0.4, -0.2) is 42.4 Å². The highest BCUT2D eigenvalue weighted by atomic mass is 16.5. The summed E-state index contributed by atoms with van der Waals surface area (Å²) in [5.41, 5.74) is 1.32. The minimum atomic E-state index is -0.825. The SMILES string of the molecule is CCOc1ccc(N2C(=O)C[C@H](N(Cc3ccc(OC)cc3)C(C)=O)C2=O)cc1. The first-order chi connectivity index (χ1) is 13.9. The molecule has 0 aliphatic carbocycles. The molecule has 29 heavy (non-hydrogen) atoms. The summed E-state index contributed by atoms with van der Waals surface area (Å²) in [5, 5.41) is 0. The van der Waals surface area contributed by atoms with Gasteiger partial charge in [0.1, 0.15) is 17.5 Å². The van der Waals surface area contributed by atoms with Crippen molar-refractivity contribution >= 4 is 23.4 Å². The Labute approximate surface area is 169 Å². The number of carbonyl (C=O) groups excluding carboxylic acids is 3. The number of imide groups is 1. The summed E-state index contributed by atoms with van der Waals surface area (Å²) in [7, 11) is 1.58. The molecule has 0 spiro atoms. The van der Waals surface area contributed by atoms with Crippen molar-refractivity contribution in [1.29, 1.82) is 0 Å². The maximum Gasteiger partial charge on any atom is 0.257 e. The summed E-state index contributed by atoms with van der Waals surface area (Å²) in [6, 6.07) is 13.2. The zero-order valence-corrected chi connectivity index (χ0v) is 16.8. The van der Waals surface area contributed by atoms with Crippen LogP contribution in [0.3, 0.4) is 0 Å². The minimum Gasteiger partial charge on any atom is -0.497 e. The molecule has 0 unspecified atom stereocenters. The second-order valence-corrected chi connectivity index (χ2v) is 6.71. The highest BCUT2D eigenvalue weighted by molar-refractivity contribution is 6.23. The molecule has 0 radical (unpaired) electrons. The van der Waals surface area contributed by atoms with Crippen molar-refractivity contribution in [2.45, 2.75) is 32.9 Å². The first kappa shape index (κ1) is 20.4. The molecular weight excluding hydrogens is 372 g/mol. The van der Waals surface area contributed by atoms with E-state index in [4.69, 9.17) is 9.47 Å². The summed E-state index contributed by atoms with van der Waals surface area (Å²) >= 11 is 0. The van der Waals surface area contributed by atoms with E-state index < -0.39 is 11.9 Å². The van der Waals surface area contributed by atoms with Crippen molar-refractivity contribution < 1.29 is 23.9 Å². The molecule has 3 rings (SSSR count). The van der Waals surface area contributed by atoms with E-state index in [0.717, 1.165) is 10.5 Å². The lowest BCUT2D eigenvalue weighted by Gasteiger charge is -2.26. The second kappa shape index (κ2) is 8.77. The van der Waals surface area contributed by atoms with Crippen molar-refractivity contribution in [3.8, 4) is 11.5 Å². The Morgan fingerprint density at radius 3 is 2.24 bits per heavy atom. The van der Waals surface area contributed by atoms with Gasteiger partial charge in [0.05, 0.1) is 25.8 Å². The number of hydrogen-bond acceptors (Lipinski definition) is 5. The molecule has 1 fully saturated rings. The smallest absolute Gasteiger partial charge is 0.257 e. The summed E-state index contributed by atoms with van der Waals surface area (Å²) in [6.45, 7) is 4.05. The summed E-state index contributed by atoms with van der Waals surface area (Å²) < 4.78 is 10.5. The molecule has 0 N–H and O–H groups in total. The van der Waals surface area contributed by atoms with Crippen LogP contribution in [0, 0.1) is 0 Å². The van der Waals surface area contributed by atoms with Gasteiger partial charge in [0.15, 0.2) is 0 Å². The third-order valence-corrected chi connectivity index (χ3v) is 4.82. The van der Waals surface area contributed by atoms with Crippen LogP contribution in [0.2, 0.25) is 0 Å². The molecule has 0 bridgehead atoms. The maximum atomic E-state index is 13.0. The molecule has 1 atom stereocenters. The number of carbonyl (C=O) groups is 3. The highest BCUT2D eigenvalue weighted by Crippen LogP contribution is 2.28. The Balaban J connectivity index is 1.80. The van der Waals surface area contributed by atoms with E-state index in [1.165, 1.54) is 11.8 Å². The molecule has 2 aromatic carbocycles. The zero-order chi connectivity index (χ0) is 21.0. The van der Waals surface area contributed by atoms with Crippen molar-refractivity contribution in [3.63, 3.8) is 0 Å². The van der Waals surface area contributed by atoms with Crippen LogP contribution in [0.25, 0.3) is 0 Å². The molecule has 7 nitrogen and oxygen atoms in total. The molecule has 0 saturated carbocycles. The summed E-state index contributed by atoms with van der Waals surface area (Å²) in [5.74, 6) is 0.377. The van der Waals surface area contributed by atoms with Gasteiger partial charge in [-0.1, -0.05) is 12.1 Å². The average molecular weight is 396 g/mol. The van der Waals surface area contributed by atoms with Gasteiger partial charge in [-0.25, -0.2) is 4.90 Å². The number of ether oxygens (including phenoxy) is 2. The molecule has 1 aliphatic rings. The van der Waals surface area contributed by atoms with Crippen LogP contribution in [0.1, 0.15) is 25.8 Å². The predicted molar refractivity (Wildman–Crippen MR) is 108 cm³/mol. The van der Waals surface area contributed by atoms with E-state index in [1.54, 1.807) is 43.5 Å². The zero-order valence-electron chi connectivity index (χ0n) is 16.8. The molecule has 152 valence electrons. The Kier molecular flexibility index (Phi) is 6.16. The van der Waals surface area contributed by atoms with E-state index in [9.17, 15) is 14.4 Å². The minimum absolute atomic E-state index is 0.0399. The van der Waals surface area contributed by atoms with Gasteiger partial charge in [0.2, 0.25) is 11.8 Å². The van der Waals surface area contributed by atoms with Crippen molar-refractivity contribution in [2.75, 3.05) is 18.6 Å². The average Bonchev–Trinajstić information content (AvgIpc) is 3.01. The van der Waals surface area contributed by atoms with E-state index in [-0.39, 0.29) is 24.8 Å². The quantitative estimate of drug-likeness (QED) is 0.673. The van der Waals surface area contributed by atoms with Crippen LogP contribution in [-0.2, 0) is 20.9 Å². The van der Waals surface area contributed by atoms with E-state index in [1.807, 2.05) is 19.1 Å². The molecule has 1 saturated heterocycles. The normalized spacial score (nSPS) is 16.1. The topological polar surface area (TPSA) is 76.2 Å². The van der Waals surface area contributed by atoms with Crippen molar-refractivity contribution in [1.82, 2.24) is 4.90 Å². The van der Waals surface area contributed by atoms with Gasteiger partial charge in [-0.15, -0.1) is 0 Å². The van der Waals surface area contributed by atoms with Gasteiger partial charge in [-0.3, -0.25) is 14.4 Å². The Hall–Kier alpha value is -3.35. The van der Waals surface area contributed by atoms with Gasteiger partial charge in [-0.05, 0) is 48.9 Å². The number of amides is 3. The van der Waals surface area contributed by atoms with Crippen LogP contribution >= 0.6 is 0 Å². The van der Waals surface area contributed by atoms with Gasteiger partial charge in [-0.2, -0.15) is 0 Å². The maximum absolute atomic E-state index is 13.0. The Morgan fingerprint density at radius 1 is 1.07 bits per heavy atom. The lowest BCUT2D eigenvalue weighted by molar-refractivity contribution is -0.137. The fourth-order valence-corrected chi connectivity index (χ4v) is 3.36. The third-order valence-electron chi connectivity index (χ3n) is 4.82. The Bertz CT molecular complexity index is 892. The number of nitrogens with zero attached hydrogens (tertiary/aromatic N) is 2. The lowest BCUT2D eigenvalue weighted by Crippen LogP contribution is -2.44. The number of anilines is 1. The van der Waals surface area contributed by atoms with Crippen LogP contribution in [0.15, 0.2) is 48.5 Å². The monoisotopic (exact) mass is 396 g/mol. The summed E-state index contributed by atoms with van der Waals surface area (Å²) in [6.07, 6.45) is -0.0399. The highest BCUT2D eigenvalue weighted by Gasteiger charge is 2.43. The van der Waals surface area contributed by atoms with E-state index >= 15 is 0 Å². The van der Waals surface area contributed by atoms with Gasteiger partial charge in [0.25, 0.3) is 5.91 Å². The van der Waals surface area contributed by atoms with Crippen LogP contribution in [0.4, 0.5) is 5.69 Å². The fraction of sp³-hybridized carbons (Fsp3) is 0.318. The van der Waals surface area contributed by atoms with Gasteiger partial charge in [0, 0.05) is 13.5 Å².